The van der Waals surface area contributed by atoms with Crippen molar-refractivity contribution in [2.75, 3.05) is 26.4 Å². The molecule has 2 aliphatic heterocycles. The van der Waals surface area contributed by atoms with Gasteiger partial charge in [-0.05, 0) is 70.6 Å². The maximum Gasteiger partial charge on any atom is 0.306 e. The van der Waals surface area contributed by atoms with Gasteiger partial charge in [-0.15, -0.1) is 0 Å². The fourth-order valence-corrected chi connectivity index (χ4v) is 7.20. The third-order valence-corrected chi connectivity index (χ3v) is 11.3. The van der Waals surface area contributed by atoms with Gasteiger partial charge in [0, 0.05) is 12.8 Å². The average molecular weight is 913 g/mol. The summed E-state index contributed by atoms with van der Waals surface area (Å²) in [5.74, 6) is -0.966. The highest BCUT2D eigenvalue weighted by Crippen LogP contribution is 2.26. The van der Waals surface area contributed by atoms with Crippen molar-refractivity contribution in [2.45, 2.75) is 223 Å². The van der Waals surface area contributed by atoms with Crippen LogP contribution in [0.4, 0.5) is 0 Å². The number of ether oxygens (including phenoxy) is 6. The SMILES string of the molecule is CCCC/C=C/CCCCCCCC(=O)OC[C@H](CO[C@H]1O[C@@H](CO[C@H]2O[C@@H](CO)[C@@H](O)C(O)C2O)[C@@H](O)C(O)C1O)OC(=O)CCCCCC/C=C/C/C=C/C/C=C/CCCCC. The van der Waals surface area contributed by atoms with Crippen molar-refractivity contribution >= 4 is 11.9 Å². The average Bonchev–Trinajstić information content (AvgIpc) is 3.29. The molecule has 2 fully saturated rings. The molecule has 2 heterocycles. The maximum atomic E-state index is 13.0. The van der Waals surface area contributed by atoms with Crippen LogP contribution >= 0.6 is 0 Å². The predicted octanol–water partition coefficient (Wildman–Crippen LogP) is 5.93. The smallest absolute Gasteiger partial charge is 0.306 e. The summed E-state index contributed by atoms with van der Waals surface area (Å²) in [4.78, 5) is 25.6. The minimum Gasteiger partial charge on any atom is -0.462 e. The number of carbonyl (C=O) groups excluding carboxylic acids is 2. The quantitative estimate of drug-likeness (QED) is 0.0220. The summed E-state index contributed by atoms with van der Waals surface area (Å²) in [6.45, 7) is 2.47. The minimum absolute atomic E-state index is 0.136. The molecule has 0 bridgehead atoms. The molecule has 0 spiro atoms. The summed E-state index contributed by atoms with van der Waals surface area (Å²) in [7, 11) is 0. The maximum absolute atomic E-state index is 13.0. The molecular weight excluding hydrogens is 829 g/mol. The van der Waals surface area contributed by atoms with Crippen LogP contribution in [0, 0.1) is 0 Å². The molecule has 0 aromatic heterocycles. The molecule has 370 valence electrons. The van der Waals surface area contributed by atoms with Gasteiger partial charge in [0.2, 0.25) is 0 Å². The molecule has 11 atom stereocenters. The van der Waals surface area contributed by atoms with Crippen molar-refractivity contribution in [1.82, 2.24) is 0 Å². The van der Waals surface area contributed by atoms with Crippen LogP contribution in [-0.2, 0) is 38.0 Å². The van der Waals surface area contributed by atoms with Gasteiger partial charge in [-0.2, -0.15) is 0 Å². The van der Waals surface area contributed by atoms with E-state index in [-0.39, 0.29) is 19.4 Å². The number of rotatable bonds is 36. The highest BCUT2D eigenvalue weighted by atomic mass is 16.7. The first-order chi connectivity index (χ1) is 31.0. The van der Waals surface area contributed by atoms with Gasteiger partial charge in [-0.3, -0.25) is 9.59 Å². The Balaban J connectivity index is 1.85. The molecule has 0 aromatic carbocycles. The van der Waals surface area contributed by atoms with Crippen LogP contribution in [-0.4, -0.2) is 142 Å². The normalized spacial score (nSPS) is 27.0. The summed E-state index contributed by atoms with van der Waals surface area (Å²) < 4.78 is 33.5. The Morgan fingerprint density at radius 1 is 0.500 bits per heavy atom. The summed E-state index contributed by atoms with van der Waals surface area (Å²) in [5, 5.41) is 71.9. The molecule has 0 saturated carbocycles. The number of hydrogen-bond donors (Lipinski definition) is 7. The lowest BCUT2D eigenvalue weighted by Gasteiger charge is -2.42. The number of allylic oxidation sites excluding steroid dienone is 8. The molecule has 15 nitrogen and oxygen atoms in total. The van der Waals surface area contributed by atoms with E-state index >= 15 is 0 Å². The molecule has 0 radical (unpaired) electrons. The largest absolute Gasteiger partial charge is 0.462 e. The zero-order valence-corrected chi connectivity index (χ0v) is 38.8. The number of hydrogen-bond acceptors (Lipinski definition) is 15. The van der Waals surface area contributed by atoms with E-state index in [1.165, 1.54) is 32.1 Å². The number of carbonyl (C=O) groups is 2. The Morgan fingerprint density at radius 2 is 0.953 bits per heavy atom. The summed E-state index contributed by atoms with van der Waals surface area (Å²) >= 11 is 0. The van der Waals surface area contributed by atoms with E-state index in [2.05, 4.69) is 62.5 Å². The Kier molecular flexibility index (Phi) is 32.9. The zero-order valence-electron chi connectivity index (χ0n) is 38.8. The van der Waals surface area contributed by atoms with Gasteiger partial charge in [0.05, 0.1) is 19.8 Å². The van der Waals surface area contributed by atoms with E-state index in [0.717, 1.165) is 83.5 Å². The third-order valence-electron chi connectivity index (χ3n) is 11.3. The molecule has 0 aromatic rings. The van der Waals surface area contributed by atoms with E-state index in [1.807, 2.05) is 0 Å². The van der Waals surface area contributed by atoms with Crippen LogP contribution in [0.1, 0.15) is 155 Å². The van der Waals surface area contributed by atoms with Gasteiger partial charge < -0.3 is 64.2 Å². The molecule has 4 unspecified atom stereocenters. The monoisotopic (exact) mass is 913 g/mol. The third kappa shape index (κ3) is 24.8. The first-order valence-electron chi connectivity index (χ1n) is 24.2. The molecule has 0 aliphatic carbocycles. The lowest BCUT2D eigenvalue weighted by atomic mass is 9.98. The van der Waals surface area contributed by atoms with Gasteiger partial charge in [0.25, 0.3) is 0 Å². The highest BCUT2D eigenvalue weighted by molar-refractivity contribution is 5.70. The van der Waals surface area contributed by atoms with Gasteiger partial charge in [-0.1, -0.05) is 120 Å². The van der Waals surface area contributed by atoms with Crippen LogP contribution in [0.25, 0.3) is 0 Å². The second-order valence-electron chi connectivity index (χ2n) is 16.9. The van der Waals surface area contributed by atoms with E-state index in [1.54, 1.807) is 0 Å². The van der Waals surface area contributed by atoms with Crippen molar-refractivity contribution in [2.24, 2.45) is 0 Å². The van der Waals surface area contributed by atoms with Gasteiger partial charge in [0.15, 0.2) is 18.7 Å². The predicted molar refractivity (Wildman–Crippen MR) is 243 cm³/mol. The molecule has 2 rings (SSSR count). The first-order valence-corrected chi connectivity index (χ1v) is 24.2. The fraction of sp³-hybridized carbons (Fsp3) is 0.796. The Bertz CT molecular complexity index is 1300. The fourth-order valence-electron chi connectivity index (χ4n) is 7.20. The van der Waals surface area contributed by atoms with Gasteiger partial charge in [-0.25, -0.2) is 0 Å². The number of unbranched alkanes of at least 4 members (excludes halogenated alkanes) is 14. The molecular formula is C49H84O15. The van der Waals surface area contributed by atoms with Crippen molar-refractivity contribution in [3.63, 3.8) is 0 Å². The van der Waals surface area contributed by atoms with E-state index in [9.17, 15) is 45.3 Å². The minimum atomic E-state index is -1.77. The standard InChI is InChI=1S/C49H84O15/c1-3-5-7-9-11-13-15-16-17-18-19-20-22-24-26-28-30-32-41(52)62-37(34-59-40(51)31-29-27-25-23-21-14-12-10-8-6-4-2)35-60-48-47(58)45(56)43(54)39(64-48)36-61-49-46(57)44(55)42(53)38(33-50)63-49/h10-13,16-17,19-20,37-39,42-50,53-58H,3-9,14-15,18,21-36H2,1-2H3/b12-10+,13-11+,17-16+,20-19+/t37-,38+,39+,42-,43-,44?,45?,46?,47?,48+,49+/m1/s1. The van der Waals surface area contributed by atoms with Crippen LogP contribution in [0.3, 0.4) is 0 Å². The van der Waals surface area contributed by atoms with E-state index in [4.69, 9.17) is 28.4 Å². The Morgan fingerprint density at radius 3 is 1.53 bits per heavy atom. The van der Waals surface area contributed by atoms with Crippen LogP contribution in [0.2, 0.25) is 0 Å². The van der Waals surface area contributed by atoms with Crippen LogP contribution in [0.5, 0.6) is 0 Å². The van der Waals surface area contributed by atoms with Gasteiger partial charge >= 0.3 is 11.9 Å². The van der Waals surface area contributed by atoms with E-state index in [0.29, 0.717) is 12.8 Å². The Hall–Kier alpha value is -2.54. The molecule has 0 amide bonds. The second kappa shape index (κ2) is 36.6. The van der Waals surface area contributed by atoms with Crippen molar-refractivity contribution in [3.05, 3.63) is 48.6 Å². The second-order valence-corrected chi connectivity index (χ2v) is 16.9. The first kappa shape index (κ1) is 57.6. The van der Waals surface area contributed by atoms with Crippen molar-refractivity contribution < 1.29 is 73.8 Å². The summed E-state index contributed by atoms with van der Waals surface area (Å²) in [5.41, 5.74) is 0. The highest BCUT2D eigenvalue weighted by Gasteiger charge is 2.47. The number of aliphatic hydroxyl groups is 7. The number of esters is 2. The topological polar surface area (TPSA) is 231 Å². The van der Waals surface area contributed by atoms with Crippen LogP contribution in [0.15, 0.2) is 48.6 Å². The molecule has 2 aliphatic rings. The lowest BCUT2D eigenvalue weighted by molar-refractivity contribution is -0.332. The molecule has 64 heavy (non-hydrogen) atoms. The molecule has 2 saturated heterocycles. The van der Waals surface area contributed by atoms with Gasteiger partial charge in [0.1, 0.15) is 55.4 Å². The molecule has 7 N–H and O–H groups in total. The van der Waals surface area contributed by atoms with Crippen molar-refractivity contribution in [3.8, 4) is 0 Å². The van der Waals surface area contributed by atoms with Crippen molar-refractivity contribution in [1.29, 1.82) is 0 Å². The summed E-state index contributed by atoms with van der Waals surface area (Å²) in [6, 6.07) is 0. The lowest BCUT2D eigenvalue weighted by Crippen LogP contribution is -2.61. The molecule has 15 heteroatoms. The summed E-state index contributed by atoms with van der Waals surface area (Å²) in [6.07, 6.45) is 21.5. The Labute approximate surface area is 382 Å². The number of aliphatic hydroxyl groups excluding tert-OH is 7. The zero-order chi connectivity index (χ0) is 46.8. The van der Waals surface area contributed by atoms with Crippen LogP contribution < -0.4 is 0 Å². The van der Waals surface area contributed by atoms with E-state index < -0.39 is 99.3 Å².